The van der Waals surface area contributed by atoms with Gasteiger partial charge in [0.1, 0.15) is 5.75 Å². The topological polar surface area (TPSA) is 48.3 Å². The van der Waals surface area contributed by atoms with Gasteiger partial charge in [-0.05, 0) is 18.2 Å². The predicted molar refractivity (Wildman–Crippen MR) is 64.2 cm³/mol. The first-order chi connectivity index (χ1) is 7.99. The number of aryl methyl sites for hydroxylation is 1. The quantitative estimate of drug-likeness (QED) is 0.452. The maximum Gasteiger partial charge on any atom is 0.308 e. The van der Waals surface area contributed by atoms with Gasteiger partial charge in [0.2, 0.25) is 0 Å². The SMILES string of the molecule is CC(=O)Oc1ccc2cc(C(C)=O)n(C)c2c1. The second-order valence-electron chi connectivity index (χ2n) is 3.96. The Hall–Kier alpha value is -2.10. The normalized spacial score (nSPS) is 10.5. The van der Waals surface area contributed by atoms with Gasteiger partial charge in [-0.3, -0.25) is 9.59 Å². The average molecular weight is 231 g/mol. The third-order valence-corrected chi connectivity index (χ3v) is 2.64. The summed E-state index contributed by atoms with van der Waals surface area (Å²) in [5.74, 6) is 0.143. The number of fused-ring (bicyclic) bond motifs is 1. The Morgan fingerprint density at radius 1 is 1.18 bits per heavy atom. The first-order valence-corrected chi connectivity index (χ1v) is 5.28. The summed E-state index contributed by atoms with van der Waals surface area (Å²) in [6.45, 7) is 2.89. The number of ketones is 1. The maximum atomic E-state index is 11.4. The zero-order valence-electron chi connectivity index (χ0n) is 9.98. The van der Waals surface area contributed by atoms with Crippen LogP contribution in [0.5, 0.6) is 5.75 Å². The van der Waals surface area contributed by atoms with E-state index in [1.165, 1.54) is 13.8 Å². The van der Waals surface area contributed by atoms with Gasteiger partial charge in [-0.1, -0.05) is 0 Å². The van der Waals surface area contributed by atoms with Gasteiger partial charge in [0, 0.05) is 32.3 Å². The van der Waals surface area contributed by atoms with Crippen LogP contribution in [0.25, 0.3) is 10.9 Å². The monoisotopic (exact) mass is 231 g/mol. The zero-order valence-corrected chi connectivity index (χ0v) is 9.98. The van der Waals surface area contributed by atoms with Crippen molar-refractivity contribution in [1.29, 1.82) is 0 Å². The van der Waals surface area contributed by atoms with E-state index < -0.39 is 0 Å². The van der Waals surface area contributed by atoms with Crippen molar-refractivity contribution in [3.8, 4) is 5.75 Å². The van der Waals surface area contributed by atoms with E-state index in [-0.39, 0.29) is 11.8 Å². The van der Waals surface area contributed by atoms with Crippen molar-refractivity contribution in [3.63, 3.8) is 0 Å². The molecule has 0 atom stereocenters. The van der Waals surface area contributed by atoms with E-state index in [2.05, 4.69) is 0 Å². The largest absolute Gasteiger partial charge is 0.427 e. The molecule has 4 nitrogen and oxygen atoms in total. The van der Waals surface area contributed by atoms with E-state index in [1.54, 1.807) is 16.7 Å². The number of rotatable bonds is 2. The van der Waals surface area contributed by atoms with E-state index >= 15 is 0 Å². The van der Waals surface area contributed by atoms with Gasteiger partial charge < -0.3 is 9.30 Å². The highest BCUT2D eigenvalue weighted by Gasteiger charge is 2.10. The molecule has 4 heteroatoms. The lowest BCUT2D eigenvalue weighted by Crippen LogP contribution is -2.02. The molecule has 1 aromatic heterocycles. The van der Waals surface area contributed by atoms with Crippen LogP contribution in [-0.4, -0.2) is 16.3 Å². The lowest BCUT2D eigenvalue weighted by molar-refractivity contribution is -0.131. The van der Waals surface area contributed by atoms with Crippen LogP contribution in [-0.2, 0) is 11.8 Å². The number of nitrogens with zero attached hydrogens (tertiary/aromatic N) is 1. The summed E-state index contributed by atoms with van der Waals surface area (Å²) >= 11 is 0. The molecule has 0 aliphatic rings. The molecular weight excluding hydrogens is 218 g/mol. The van der Waals surface area contributed by atoms with Crippen molar-refractivity contribution in [3.05, 3.63) is 30.0 Å². The number of esters is 1. The molecule has 0 unspecified atom stereocenters. The number of ether oxygens (including phenoxy) is 1. The number of benzene rings is 1. The van der Waals surface area contributed by atoms with Crippen LogP contribution in [0.2, 0.25) is 0 Å². The van der Waals surface area contributed by atoms with Crippen molar-refractivity contribution in [2.24, 2.45) is 7.05 Å². The van der Waals surface area contributed by atoms with E-state index in [0.29, 0.717) is 11.4 Å². The summed E-state index contributed by atoms with van der Waals surface area (Å²) < 4.78 is 6.81. The van der Waals surface area contributed by atoms with Gasteiger partial charge >= 0.3 is 5.97 Å². The molecule has 0 saturated heterocycles. The molecule has 1 heterocycles. The summed E-state index contributed by atoms with van der Waals surface area (Å²) in [6.07, 6.45) is 0. The van der Waals surface area contributed by atoms with Crippen LogP contribution in [0.15, 0.2) is 24.3 Å². The molecular formula is C13H13NO3. The van der Waals surface area contributed by atoms with E-state index in [0.717, 1.165) is 10.9 Å². The summed E-state index contributed by atoms with van der Waals surface area (Å²) in [5.41, 5.74) is 1.51. The lowest BCUT2D eigenvalue weighted by Gasteiger charge is -2.03. The first kappa shape index (κ1) is 11.4. The minimum atomic E-state index is -0.356. The van der Waals surface area contributed by atoms with Crippen molar-refractivity contribution < 1.29 is 14.3 Å². The number of carbonyl (C=O) groups excluding carboxylic acids is 2. The highest BCUT2D eigenvalue weighted by atomic mass is 16.5. The van der Waals surface area contributed by atoms with E-state index in [4.69, 9.17) is 4.74 Å². The summed E-state index contributed by atoms with van der Waals surface area (Å²) in [5, 5.41) is 0.952. The Labute approximate surface area is 98.8 Å². The molecule has 0 bridgehead atoms. The standard InChI is InChI=1S/C13H13NO3/c1-8(15)12-6-10-4-5-11(17-9(2)16)7-13(10)14(12)3/h4-7H,1-3H3. The zero-order chi connectivity index (χ0) is 12.6. The third-order valence-electron chi connectivity index (χ3n) is 2.64. The Bertz CT molecular complexity index is 610. The van der Waals surface area contributed by atoms with Crippen LogP contribution in [0, 0.1) is 0 Å². The second kappa shape index (κ2) is 4.05. The lowest BCUT2D eigenvalue weighted by atomic mass is 10.2. The molecule has 0 amide bonds. The fourth-order valence-corrected chi connectivity index (χ4v) is 1.88. The molecule has 0 saturated carbocycles. The number of Topliss-reactive ketones (excluding diaryl/α,β-unsaturated/α-hetero) is 1. The van der Waals surface area contributed by atoms with Gasteiger partial charge in [0.25, 0.3) is 0 Å². The molecule has 88 valence electrons. The van der Waals surface area contributed by atoms with Crippen LogP contribution < -0.4 is 4.74 Å². The third kappa shape index (κ3) is 2.06. The van der Waals surface area contributed by atoms with Crippen LogP contribution in [0.1, 0.15) is 24.3 Å². The number of carbonyl (C=O) groups is 2. The fraction of sp³-hybridized carbons (Fsp3) is 0.231. The summed E-state index contributed by atoms with van der Waals surface area (Å²) in [7, 11) is 1.82. The predicted octanol–water partition coefficient (Wildman–Crippen LogP) is 2.31. The van der Waals surface area contributed by atoms with Crippen LogP contribution in [0.3, 0.4) is 0 Å². The smallest absolute Gasteiger partial charge is 0.308 e. The molecule has 2 aromatic rings. The van der Waals surface area contributed by atoms with Gasteiger partial charge in [-0.25, -0.2) is 0 Å². The minimum Gasteiger partial charge on any atom is -0.427 e. The molecule has 0 aliphatic carbocycles. The molecule has 1 aromatic carbocycles. The van der Waals surface area contributed by atoms with Crippen molar-refractivity contribution in [2.45, 2.75) is 13.8 Å². The van der Waals surface area contributed by atoms with Crippen molar-refractivity contribution in [1.82, 2.24) is 4.57 Å². The molecule has 0 fully saturated rings. The van der Waals surface area contributed by atoms with Gasteiger partial charge in [0.15, 0.2) is 5.78 Å². The van der Waals surface area contributed by atoms with Gasteiger partial charge in [0.05, 0.1) is 11.2 Å². The summed E-state index contributed by atoms with van der Waals surface area (Å²) in [6, 6.07) is 7.13. The average Bonchev–Trinajstić information content (AvgIpc) is 2.56. The Balaban J connectivity index is 2.57. The Morgan fingerprint density at radius 3 is 2.47 bits per heavy atom. The maximum absolute atomic E-state index is 11.4. The van der Waals surface area contributed by atoms with Crippen LogP contribution in [0.4, 0.5) is 0 Å². The molecule has 2 rings (SSSR count). The Morgan fingerprint density at radius 2 is 1.88 bits per heavy atom. The second-order valence-corrected chi connectivity index (χ2v) is 3.96. The van der Waals surface area contributed by atoms with Gasteiger partial charge in [-0.15, -0.1) is 0 Å². The van der Waals surface area contributed by atoms with Crippen molar-refractivity contribution in [2.75, 3.05) is 0 Å². The van der Waals surface area contributed by atoms with E-state index in [9.17, 15) is 9.59 Å². The molecule has 0 aliphatic heterocycles. The Kier molecular flexibility index (Phi) is 2.71. The molecule has 0 spiro atoms. The minimum absolute atomic E-state index is 0.0118. The van der Waals surface area contributed by atoms with Crippen LogP contribution >= 0.6 is 0 Å². The van der Waals surface area contributed by atoms with Gasteiger partial charge in [-0.2, -0.15) is 0 Å². The molecule has 0 N–H and O–H groups in total. The van der Waals surface area contributed by atoms with E-state index in [1.807, 2.05) is 19.2 Å². The van der Waals surface area contributed by atoms with Crippen molar-refractivity contribution >= 4 is 22.7 Å². The highest BCUT2D eigenvalue weighted by Crippen LogP contribution is 2.24. The number of aromatic nitrogens is 1. The molecule has 0 radical (unpaired) electrons. The molecule has 17 heavy (non-hydrogen) atoms. The summed E-state index contributed by atoms with van der Waals surface area (Å²) in [4.78, 5) is 22.3. The fourth-order valence-electron chi connectivity index (χ4n) is 1.88. The number of hydrogen-bond donors (Lipinski definition) is 0. The first-order valence-electron chi connectivity index (χ1n) is 5.28. The number of hydrogen-bond acceptors (Lipinski definition) is 3. The highest BCUT2D eigenvalue weighted by molar-refractivity contribution is 5.98.